The van der Waals surface area contributed by atoms with Gasteiger partial charge in [0.2, 0.25) is 6.79 Å². The number of rotatable bonds is 6. The molecule has 0 N–H and O–H groups in total. The van der Waals surface area contributed by atoms with Gasteiger partial charge < -0.3 is 9.47 Å². The molecular weight excluding hydrogens is 513 g/mol. The molecule has 0 radical (unpaired) electrons. The maximum atomic E-state index is 11.9. The van der Waals surface area contributed by atoms with E-state index >= 15 is 0 Å². The first-order valence-corrected chi connectivity index (χ1v) is 14.1. The van der Waals surface area contributed by atoms with Crippen molar-refractivity contribution in [2.45, 2.75) is 17.1 Å². The third-order valence-corrected chi connectivity index (χ3v) is 8.69. The third-order valence-electron chi connectivity index (χ3n) is 4.48. The number of ether oxygens (including phenoxy) is 2. The number of thiazole rings is 1. The minimum Gasteiger partial charge on any atom is -0.454 e. The van der Waals surface area contributed by atoms with Crippen LogP contribution in [0, 0.1) is 6.92 Å². The Labute approximate surface area is 197 Å². The molecule has 0 unspecified atom stereocenters. The van der Waals surface area contributed by atoms with Crippen LogP contribution in [0.5, 0.6) is 11.5 Å². The molecule has 2 heterocycles. The molecule has 5 rings (SSSR count). The van der Waals surface area contributed by atoms with Crippen LogP contribution in [0.3, 0.4) is 0 Å². The summed E-state index contributed by atoms with van der Waals surface area (Å²) in [4.78, 5) is 4.40. The molecule has 4 aromatic rings. The second-order valence-corrected chi connectivity index (χ2v) is 11.7. The molecule has 0 aliphatic carbocycles. The van der Waals surface area contributed by atoms with Gasteiger partial charge in [-0.25, -0.2) is 4.98 Å². The van der Waals surface area contributed by atoms with Crippen molar-refractivity contribution in [3.8, 4) is 11.5 Å². The predicted molar refractivity (Wildman–Crippen MR) is 127 cm³/mol. The number of fused-ring (bicyclic) bond motifs is 3. The van der Waals surface area contributed by atoms with Gasteiger partial charge in [-0.15, -0.1) is 11.3 Å². The van der Waals surface area contributed by atoms with Gasteiger partial charge in [0.05, 0.1) is 11.0 Å². The Morgan fingerprint density at radius 1 is 1.03 bits per heavy atom. The molecule has 0 saturated carbocycles. The van der Waals surface area contributed by atoms with E-state index in [1.807, 2.05) is 42.8 Å². The number of hydrogen-bond acceptors (Lipinski definition) is 7. The molecule has 32 heavy (non-hydrogen) atoms. The van der Waals surface area contributed by atoms with Crippen LogP contribution in [0.25, 0.3) is 10.2 Å². The quantitative estimate of drug-likeness (QED) is 0.210. The van der Waals surface area contributed by atoms with Crippen molar-refractivity contribution in [1.29, 1.82) is 0 Å². The van der Waals surface area contributed by atoms with Gasteiger partial charge in [-0.05, 0) is 12.1 Å². The second-order valence-electron chi connectivity index (χ2n) is 6.75. The molecule has 0 spiro atoms. The van der Waals surface area contributed by atoms with Crippen LogP contribution in [-0.2, 0) is 14.3 Å². The molecule has 1 aromatic heterocycles. The zero-order valence-electron chi connectivity index (χ0n) is 17.3. The number of nitrogens with zero attached hydrogens (tertiary/aromatic N) is 1. The number of aryl methyl sites for hydroxylation is 1. The third kappa shape index (κ3) is 5.68. The van der Waals surface area contributed by atoms with Crippen LogP contribution in [-0.4, -0.2) is 41.8 Å². The molecule has 3 aromatic carbocycles. The normalized spacial score (nSPS) is 12.4. The first-order chi connectivity index (χ1) is 15.5. The molecule has 9 heteroatoms. The number of hydrogen-bond donors (Lipinski definition) is 0. The van der Waals surface area contributed by atoms with Gasteiger partial charge in [0.15, 0.2) is 11.5 Å². The van der Waals surface area contributed by atoms with Gasteiger partial charge in [0.1, 0.15) is 4.70 Å². The molecular formula is C23H21NO5S2Se. The Morgan fingerprint density at radius 3 is 2.59 bits per heavy atom. The maximum absolute atomic E-state index is 11.9. The Bertz CT molecular complexity index is 1280. The molecule has 166 valence electrons. The fourth-order valence-electron chi connectivity index (χ4n) is 2.88. The minimum absolute atomic E-state index is 0.218. The Morgan fingerprint density at radius 2 is 1.81 bits per heavy atom. The summed E-state index contributed by atoms with van der Waals surface area (Å²) in [5.41, 5.74) is 3.81. The average molecular weight is 535 g/mol. The van der Waals surface area contributed by atoms with Gasteiger partial charge in [-0.2, -0.15) is 0 Å². The van der Waals surface area contributed by atoms with Crippen molar-refractivity contribution in [2.75, 3.05) is 13.4 Å². The summed E-state index contributed by atoms with van der Waals surface area (Å²) in [5, 5.41) is 0.738. The Balaban J connectivity index is 0.000000171. The molecule has 0 fully saturated rings. The van der Waals surface area contributed by atoms with E-state index in [1.54, 1.807) is 35.6 Å². The first-order valence-electron chi connectivity index (χ1n) is 9.79. The summed E-state index contributed by atoms with van der Waals surface area (Å²) in [7, 11) is -3.62. The fourth-order valence-corrected chi connectivity index (χ4v) is 6.38. The largest absolute Gasteiger partial charge is 0.454 e. The summed E-state index contributed by atoms with van der Waals surface area (Å²) < 4.78 is 41.8. The van der Waals surface area contributed by atoms with E-state index in [0.717, 1.165) is 32.6 Å². The van der Waals surface area contributed by atoms with Crippen LogP contribution in [0.2, 0.25) is 5.32 Å². The molecule has 6 nitrogen and oxygen atoms in total. The molecule has 0 amide bonds. The van der Waals surface area contributed by atoms with Crippen LogP contribution < -0.4 is 13.9 Å². The Hall–Kier alpha value is -2.42. The van der Waals surface area contributed by atoms with E-state index in [1.165, 1.54) is 4.46 Å². The van der Waals surface area contributed by atoms with E-state index in [4.69, 9.17) is 13.7 Å². The van der Waals surface area contributed by atoms with E-state index in [2.05, 4.69) is 17.1 Å². The molecule has 0 saturated heterocycles. The van der Waals surface area contributed by atoms with E-state index in [9.17, 15) is 8.42 Å². The summed E-state index contributed by atoms with van der Waals surface area (Å²) in [6, 6.07) is 20.6. The standard InChI is InChI=1S/C15H16O3SSe.C8H5NO2S/c1-13-7-9-14(10-8-13)19(16,17)18-11-12-20-15-5-3-2-4-6-15;1-2-6-7(11-4-10-6)8-5(1)9-3-12-8/h2-10H,11-12H2,1H3;1-3H,4H2. The number of benzene rings is 3. The van der Waals surface area contributed by atoms with Crippen LogP contribution >= 0.6 is 11.3 Å². The smallest absolute Gasteiger partial charge is 0.231 e. The van der Waals surface area contributed by atoms with Crippen molar-refractivity contribution < 1.29 is 22.1 Å². The van der Waals surface area contributed by atoms with Crippen molar-refractivity contribution >= 4 is 51.1 Å². The fraction of sp³-hybridized carbons (Fsp3) is 0.174. The summed E-state index contributed by atoms with van der Waals surface area (Å²) in [6.45, 7) is 2.47. The molecule has 1 aliphatic rings. The van der Waals surface area contributed by atoms with E-state index < -0.39 is 10.1 Å². The molecule has 0 atom stereocenters. The summed E-state index contributed by atoms with van der Waals surface area (Å²) in [6.07, 6.45) is 0. The van der Waals surface area contributed by atoms with Gasteiger partial charge in [-0.1, -0.05) is 0 Å². The zero-order chi connectivity index (χ0) is 22.4. The van der Waals surface area contributed by atoms with Crippen LogP contribution in [0.1, 0.15) is 5.56 Å². The average Bonchev–Trinajstić information content (AvgIpc) is 3.47. The van der Waals surface area contributed by atoms with Gasteiger partial charge in [0.25, 0.3) is 0 Å². The van der Waals surface area contributed by atoms with Crippen molar-refractivity contribution in [2.24, 2.45) is 0 Å². The van der Waals surface area contributed by atoms with E-state index in [-0.39, 0.29) is 26.5 Å². The first kappa shape index (κ1) is 22.8. The molecule has 1 aliphatic heterocycles. The van der Waals surface area contributed by atoms with Crippen molar-refractivity contribution in [1.82, 2.24) is 4.98 Å². The van der Waals surface area contributed by atoms with E-state index in [0.29, 0.717) is 6.79 Å². The second kappa shape index (κ2) is 10.5. The maximum Gasteiger partial charge on any atom is 0.231 e. The van der Waals surface area contributed by atoms with Crippen LogP contribution in [0.4, 0.5) is 0 Å². The predicted octanol–water partition coefficient (Wildman–Crippen LogP) is 4.17. The minimum atomic E-state index is -3.62. The zero-order valence-corrected chi connectivity index (χ0v) is 20.6. The SMILES string of the molecule is Cc1ccc(S(=O)(=O)OCC[Se]c2ccccc2)cc1.c1nc2ccc3c(c2s1)OCO3. The summed E-state index contributed by atoms with van der Waals surface area (Å²) in [5.74, 6) is 1.67. The molecule has 0 bridgehead atoms. The van der Waals surface area contributed by atoms with Gasteiger partial charge in [-0.3, -0.25) is 0 Å². The monoisotopic (exact) mass is 535 g/mol. The van der Waals surface area contributed by atoms with Crippen molar-refractivity contribution in [3.05, 3.63) is 77.8 Å². The van der Waals surface area contributed by atoms with Gasteiger partial charge in [0, 0.05) is 0 Å². The van der Waals surface area contributed by atoms with Crippen molar-refractivity contribution in [3.63, 3.8) is 0 Å². The van der Waals surface area contributed by atoms with Crippen LogP contribution in [0.15, 0.2) is 77.1 Å². The topological polar surface area (TPSA) is 74.7 Å². The Kier molecular flexibility index (Phi) is 7.44. The number of aromatic nitrogens is 1. The summed E-state index contributed by atoms with van der Waals surface area (Å²) >= 11 is 1.82. The van der Waals surface area contributed by atoms with Gasteiger partial charge >= 0.3 is 126 Å².